The van der Waals surface area contributed by atoms with E-state index in [1.165, 1.54) is 36.6 Å². The Bertz CT molecular complexity index is 911. The molecule has 1 N–H and O–H groups in total. The summed E-state index contributed by atoms with van der Waals surface area (Å²) in [5, 5.41) is 9.62. The fourth-order valence-corrected chi connectivity index (χ4v) is 2.01. The Kier molecular flexibility index (Phi) is 2.18. The first-order valence-corrected chi connectivity index (χ1v) is 5.87. The first kappa shape index (κ1) is 9.20. The minimum atomic E-state index is -2.57. The molecular formula is C16H12O4. The summed E-state index contributed by atoms with van der Waals surface area (Å²) in [4.78, 5) is 12.5. The number of benzene rings is 2. The van der Waals surface area contributed by atoms with Crippen molar-refractivity contribution >= 4 is 11.0 Å². The third-order valence-corrected chi connectivity index (χ3v) is 3.04. The zero-order chi connectivity index (χ0) is 16.6. The largest absolute Gasteiger partial charge is 0.508 e. The van der Waals surface area contributed by atoms with Gasteiger partial charge in [0.1, 0.15) is 23.3 Å². The minimum absolute atomic E-state index is 0.0954. The van der Waals surface area contributed by atoms with Gasteiger partial charge in [-0.25, -0.2) is 0 Å². The SMILES string of the molecule is [2H]C([2H])([2H])Oc1ccc2c(=O)c(-c3ccc(O)cc3)coc2c1. The Morgan fingerprint density at radius 1 is 1.20 bits per heavy atom. The highest BCUT2D eigenvalue weighted by Gasteiger charge is 2.09. The van der Waals surface area contributed by atoms with Crippen molar-refractivity contribution in [1.29, 1.82) is 0 Å². The van der Waals surface area contributed by atoms with Gasteiger partial charge in [-0.2, -0.15) is 0 Å². The van der Waals surface area contributed by atoms with Gasteiger partial charge in [-0.3, -0.25) is 4.79 Å². The fraction of sp³-hybridized carbons (Fsp3) is 0.0625. The first-order valence-electron chi connectivity index (χ1n) is 7.37. The summed E-state index contributed by atoms with van der Waals surface area (Å²) in [5.41, 5.74) is 0.944. The predicted molar refractivity (Wildman–Crippen MR) is 76.1 cm³/mol. The van der Waals surface area contributed by atoms with E-state index in [4.69, 9.17) is 13.3 Å². The summed E-state index contributed by atoms with van der Waals surface area (Å²) < 4.78 is 31.5. The quantitative estimate of drug-likeness (QED) is 0.777. The molecule has 1 aromatic heterocycles. The smallest absolute Gasteiger partial charge is 0.200 e. The van der Waals surface area contributed by atoms with E-state index in [1.807, 2.05) is 0 Å². The molecule has 0 radical (unpaired) electrons. The van der Waals surface area contributed by atoms with Crippen molar-refractivity contribution in [1.82, 2.24) is 0 Å². The predicted octanol–water partition coefficient (Wildman–Crippen LogP) is 3.17. The lowest BCUT2D eigenvalue weighted by atomic mass is 10.1. The van der Waals surface area contributed by atoms with E-state index in [0.717, 1.165) is 0 Å². The molecule has 2 aromatic carbocycles. The van der Waals surface area contributed by atoms with Crippen LogP contribution in [0.5, 0.6) is 11.5 Å². The van der Waals surface area contributed by atoms with E-state index in [-0.39, 0.29) is 22.5 Å². The maximum atomic E-state index is 12.5. The first-order chi connectivity index (χ1) is 10.8. The molecule has 4 nitrogen and oxygen atoms in total. The van der Waals surface area contributed by atoms with Gasteiger partial charge in [0.2, 0.25) is 0 Å². The van der Waals surface area contributed by atoms with Gasteiger partial charge < -0.3 is 14.3 Å². The molecule has 3 aromatic rings. The fourth-order valence-electron chi connectivity index (χ4n) is 2.01. The molecule has 1 heterocycles. The number of aromatic hydroxyl groups is 1. The van der Waals surface area contributed by atoms with Crippen LogP contribution in [0, 0.1) is 0 Å². The molecule has 0 aliphatic heterocycles. The number of hydrogen-bond donors (Lipinski definition) is 1. The molecule has 0 aliphatic carbocycles. The Balaban J connectivity index is 2.08. The standard InChI is InChI=1S/C16H12O4/c1-19-12-6-7-13-15(8-12)20-9-14(16(13)18)10-2-4-11(17)5-3-10/h2-9,17H,1H3/i1D3. The molecule has 0 unspecified atom stereocenters. The normalized spacial score (nSPS) is 13.5. The van der Waals surface area contributed by atoms with Crippen molar-refractivity contribution in [2.24, 2.45) is 0 Å². The van der Waals surface area contributed by atoms with E-state index in [1.54, 1.807) is 12.1 Å². The zero-order valence-corrected chi connectivity index (χ0v) is 10.3. The third-order valence-electron chi connectivity index (χ3n) is 3.04. The second kappa shape index (κ2) is 4.74. The van der Waals surface area contributed by atoms with Crippen LogP contribution in [0.25, 0.3) is 22.1 Å². The molecule has 0 saturated heterocycles. The lowest BCUT2D eigenvalue weighted by Crippen LogP contribution is -2.04. The summed E-state index contributed by atoms with van der Waals surface area (Å²) in [6.07, 6.45) is 1.30. The maximum absolute atomic E-state index is 12.5. The molecule has 0 atom stereocenters. The van der Waals surface area contributed by atoms with Crippen molar-refractivity contribution < 1.29 is 18.4 Å². The number of fused-ring (bicyclic) bond motifs is 1. The van der Waals surface area contributed by atoms with E-state index in [9.17, 15) is 9.90 Å². The number of phenolic OH excluding ortho intramolecular Hbond substituents is 1. The molecule has 0 fully saturated rings. The summed E-state index contributed by atoms with van der Waals surface area (Å²) >= 11 is 0. The molecule has 20 heavy (non-hydrogen) atoms. The van der Waals surface area contributed by atoms with Crippen LogP contribution in [0.15, 0.2) is 57.9 Å². The van der Waals surface area contributed by atoms with Gasteiger partial charge in [-0.05, 0) is 29.8 Å². The Labute approximate surface area is 119 Å². The Morgan fingerprint density at radius 2 is 2.00 bits per heavy atom. The Morgan fingerprint density at radius 3 is 2.75 bits per heavy atom. The lowest BCUT2D eigenvalue weighted by Gasteiger charge is -2.04. The van der Waals surface area contributed by atoms with Crippen molar-refractivity contribution in [2.45, 2.75) is 0 Å². The van der Waals surface area contributed by atoms with Gasteiger partial charge in [-0.1, -0.05) is 12.1 Å². The van der Waals surface area contributed by atoms with E-state index in [2.05, 4.69) is 0 Å². The molecule has 0 aliphatic rings. The van der Waals surface area contributed by atoms with Gasteiger partial charge in [0.15, 0.2) is 5.43 Å². The minimum Gasteiger partial charge on any atom is -0.508 e. The van der Waals surface area contributed by atoms with Gasteiger partial charge >= 0.3 is 0 Å². The van der Waals surface area contributed by atoms with Crippen molar-refractivity contribution in [3.63, 3.8) is 0 Å². The maximum Gasteiger partial charge on any atom is 0.200 e. The summed E-state index contributed by atoms with van der Waals surface area (Å²) in [6.45, 7) is 0. The molecule has 0 saturated carbocycles. The van der Waals surface area contributed by atoms with E-state index < -0.39 is 7.04 Å². The van der Waals surface area contributed by atoms with Gasteiger partial charge in [0, 0.05) is 6.07 Å². The highest BCUT2D eigenvalue weighted by molar-refractivity contribution is 5.82. The number of rotatable bonds is 2. The highest BCUT2D eigenvalue weighted by atomic mass is 16.5. The van der Waals surface area contributed by atoms with E-state index in [0.29, 0.717) is 16.5 Å². The highest BCUT2D eigenvalue weighted by Crippen LogP contribution is 2.24. The summed E-state index contributed by atoms with van der Waals surface area (Å²) in [5.74, 6) is 0.198. The topological polar surface area (TPSA) is 59.7 Å². The molecule has 3 rings (SSSR count). The zero-order valence-electron chi connectivity index (χ0n) is 13.3. The van der Waals surface area contributed by atoms with Crippen molar-refractivity contribution in [2.75, 3.05) is 7.04 Å². The van der Waals surface area contributed by atoms with Gasteiger partial charge in [0.25, 0.3) is 0 Å². The van der Waals surface area contributed by atoms with Crippen molar-refractivity contribution in [3.05, 3.63) is 59.0 Å². The number of ether oxygens (including phenoxy) is 1. The van der Waals surface area contributed by atoms with Crippen LogP contribution in [-0.4, -0.2) is 12.1 Å². The molecule has 0 amide bonds. The average Bonchev–Trinajstić information content (AvgIpc) is 2.47. The van der Waals surface area contributed by atoms with E-state index >= 15 is 0 Å². The number of methoxy groups -OCH3 is 1. The van der Waals surface area contributed by atoms with Gasteiger partial charge in [0.05, 0.1) is 22.1 Å². The van der Waals surface area contributed by atoms with Crippen LogP contribution >= 0.6 is 0 Å². The molecule has 0 bridgehead atoms. The Hall–Kier alpha value is -2.75. The second-order valence-electron chi connectivity index (χ2n) is 4.29. The monoisotopic (exact) mass is 271 g/mol. The van der Waals surface area contributed by atoms with Crippen LogP contribution < -0.4 is 10.2 Å². The number of phenols is 1. The van der Waals surface area contributed by atoms with Crippen LogP contribution in [0.3, 0.4) is 0 Å². The second-order valence-corrected chi connectivity index (χ2v) is 4.29. The van der Waals surface area contributed by atoms with Crippen molar-refractivity contribution in [3.8, 4) is 22.6 Å². The van der Waals surface area contributed by atoms with Crippen LogP contribution in [0.4, 0.5) is 0 Å². The molecule has 100 valence electrons. The lowest BCUT2D eigenvalue weighted by molar-refractivity contribution is 0.414. The summed E-state index contributed by atoms with van der Waals surface area (Å²) in [7, 11) is -2.57. The summed E-state index contributed by atoms with van der Waals surface area (Å²) in [6, 6.07) is 10.4. The number of hydrogen-bond acceptors (Lipinski definition) is 4. The van der Waals surface area contributed by atoms with Crippen LogP contribution in [0.1, 0.15) is 4.11 Å². The molecule has 0 spiro atoms. The molecule has 4 heteroatoms. The average molecular weight is 271 g/mol. The third kappa shape index (κ3) is 2.01. The van der Waals surface area contributed by atoms with Crippen LogP contribution in [0.2, 0.25) is 0 Å². The van der Waals surface area contributed by atoms with Gasteiger partial charge in [-0.15, -0.1) is 0 Å². The van der Waals surface area contributed by atoms with Crippen LogP contribution in [-0.2, 0) is 0 Å². The molecular weight excluding hydrogens is 256 g/mol.